The Labute approximate surface area is 170 Å². The van der Waals surface area contributed by atoms with Crippen LogP contribution >= 0.6 is 15.9 Å². The second-order valence-electron chi connectivity index (χ2n) is 7.09. The predicted molar refractivity (Wildman–Crippen MR) is 122 cm³/mol. The van der Waals surface area contributed by atoms with E-state index in [4.69, 9.17) is 4.42 Å². The fraction of sp³-hybridized carbons (Fsp3) is 0. The minimum absolute atomic E-state index is 0.926. The van der Waals surface area contributed by atoms with E-state index in [-0.39, 0.29) is 0 Å². The van der Waals surface area contributed by atoms with Crippen molar-refractivity contribution in [1.82, 2.24) is 0 Å². The highest BCUT2D eigenvalue weighted by Crippen LogP contribution is 2.42. The molecule has 0 bridgehead atoms. The first-order valence-corrected chi connectivity index (χ1v) is 10.1. The van der Waals surface area contributed by atoms with E-state index in [0.29, 0.717) is 0 Å². The molecule has 0 aliphatic rings. The summed E-state index contributed by atoms with van der Waals surface area (Å²) in [6.07, 6.45) is 0. The van der Waals surface area contributed by atoms with Gasteiger partial charge in [-0.15, -0.1) is 0 Å². The van der Waals surface area contributed by atoms with Crippen LogP contribution in [0.5, 0.6) is 0 Å². The van der Waals surface area contributed by atoms with Crippen molar-refractivity contribution in [2.75, 3.05) is 0 Å². The molecule has 0 aliphatic heterocycles. The molecule has 6 rings (SSSR count). The van der Waals surface area contributed by atoms with Crippen molar-refractivity contribution in [3.63, 3.8) is 0 Å². The summed E-state index contributed by atoms with van der Waals surface area (Å²) in [4.78, 5) is 0. The molecule has 28 heavy (non-hydrogen) atoms. The standard InChI is InChI=1S/C26H15BrO/c27-26-21-10-3-1-8-19(21)25(20-9-2-4-11-22(20)26)16-13-14-18-17-7-5-6-12-23(17)28-24(18)15-16/h1-15H. The van der Waals surface area contributed by atoms with Gasteiger partial charge in [-0.25, -0.2) is 0 Å². The van der Waals surface area contributed by atoms with Crippen LogP contribution in [0.15, 0.2) is 99.9 Å². The molecule has 0 aliphatic carbocycles. The van der Waals surface area contributed by atoms with Crippen LogP contribution in [0.25, 0.3) is 54.6 Å². The van der Waals surface area contributed by atoms with Crippen LogP contribution in [-0.4, -0.2) is 0 Å². The third kappa shape index (κ3) is 2.18. The Balaban J connectivity index is 1.76. The zero-order valence-electron chi connectivity index (χ0n) is 14.9. The van der Waals surface area contributed by atoms with Crippen LogP contribution in [0, 0.1) is 0 Å². The molecule has 0 saturated carbocycles. The summed E-state index contributed by atoms with van der Waals surface area (Å²) < 4.78 is 7.30. The molecule has 0 spiro atoms. The Hall–Kier alpha value is -3.10. The lowest BCUT2D eigenvalue weighted by Gasteiger charge is -2.14. The smallest absolute Gasteiger partial charge is 0.136 e. The molecule has 1 heterocycles. The highest BCUT2D eigenvalue weighted by Gasteiger charge is 2.15. The van der Waals surface area contributed by atoms with Gasteiger partial charge < -0.3 is 4.42 Å². The average Bonchev–Trinajstić information content (AvgIpc) is 3.12. The van der Waals surface area contributed by atoms with Gasteiger partial charge in [0, 0.05) is 15.2 Å². The Bertz CT molecular complexity index is 1470. The summed E-state index contributed by atoms with van der Waals surface area (Å²) in [6.45, 7) is 0. The number of para-hydroxylation sites is 1. The molecule has 0 saturated heterocycles. The monoisotopic (exact) mass is 422 g/mol. The lowest BCUT2D eigenvalue weighted by atomic mass is 9.91. The third-order valence-electron chi connectivity index (χ3n) is 5.53. The van der Waals surface area contributed by atoms with E-state index >= 15 is 0 Å². The molecule has 2 heteroatoms. The number of halogens is 1. The minimum Gasteiger partial charge on any atom is -0.456 e. The van der Waals surface area contributed by atoms with Gasteiger partial charge in [0.15, 0.2) is 0 Å². The molecule has 0 unspecified atom stereocenters. The van der Waals surface area contributed by atoms with E-state index in [9.17, 15) is 0 Å². The number of hydrogen-bond donors (Lipinski definition) is 0. The fourth-order valence-electron chi connectivity index (χ4n) is 4.27. The Morgan fingerprint density at radius 2 is 1.04 bits per heavy atom. The second kappa shape index (κ2) is 5.95. The lowest BCUT2D eigenvalue weighted by Crippen LogP contribution is -1.87. The van der Waals surface area contributed by atoms with Crippen molar-refractivity contribution >= 4 is 59.4 Å². The third-order valence-corrected chi connectivity index (χ3v) is 6.39. The number of furan rings is 1. The van der Waals surface area contributed by atoms with E-state index in [1.54, 1.807) is 0 Å². The molecule has 0 amide bonds. The van der Waals surface area contributed by atoms with Crippen LogP contribution in [0.4, 0.5) is 0 Å². The van der Waals surface area contributed by atoms with Crippen molar-refractivity contribution in [3.05, 3.63) is 95.5 Å². The van der Waals surface area contributed by atoms with Gasteiger partial charge in [0.25, 0.3) is 0 Å². The second-order valence-corrected chi connectivity index (χ2v) is 7.88. The SMILES string of the molecule is Brc1c2ccccc2c(-c2ccc3c(c2)oc2ccccc23)c2ccccc12. The quantitative estimate of drug-likeness (QED) is 0.242. The number of hydrogen-bond acceptors (Lipinski definition) is 1. The maximum atomic E-state index is 6.15. The Kier molecular flexibility index (Phi) is 3.38. The summed E-state index contributed by atoms with van der Waals surface area (Å²) in [5.74, 6) is 0. The van der Waals surface area contributed by atoms with Gasteiger partial charge in [-0.05, 0) is 66.8 Å². The largest absolute Gasteiger partial charge is 0.456 e. The van der Waals surface area contributed by atoms with Gasteiger partial charge in [-0.3, -0.25) is 0 Å². The first-order valence-electron chi connectivity index (χ1n) is 9.32. The van der Waals surface area contributed by atoms with Crippen LogP contribution < -0.4 is 0 Å². The predicted octanol–water partition coefficient (Wildman–Crippen LogP) is 8.32. The van der Waals surface area contributed by atoms with E-state index in [1.807, 2.05) is 12.1 Å². The molecule has 132 valence electrons. The fourth-order valence-corrected chi connectivity index (χ4v) is 4.96. The van der Waals surface area contributed by atoms with Crippen LogP contribution in [-0.2, 0) is 0 Å². The summed E-state index contributed by atoms with van der Waals surface area (Å²) in [5.41, 5.74) is 4.28. The van der Waals surface area contributed by atoms with Crippen molar-refractivity contribution in [3.8, 4) is 11.1 Å². The number of fused-ring (bicyclic) bond motifs is 5. The van der Waals surface area contributed by atoms with E-state index in [1.165, 1.54) is 32.7 Å². The van der Waals surface area contributed by atoms with E-state index < -0.39 is 0 Å². The van der Waals surface area contributed by atoms with Crippen molar-refractivity contribution < 1.29 is 4.42 Å². The van der Waals surface area contributed by atoms with Crippen LogP contribution in [0.2, 0.25) is 0 Å². The van der Waals surface area contributed by atoms with Crippen molar-refractivity contribution in [1.29, 1.82) is 0 Å². The summed E-state index contributed by atoms with van der Waals surface area (Å²) in [5, 5.41) is 7.24. The van der Waals surface area contributed by atoms with Crippen molar-refractivity contribution in [2.45, 2.75) is 0 Å². The van der Waals surface area contributed by atoms with Gasteiger partial charge in [0.1, 0.15) is 11.2 Å². The van der Waals surface area contributed by atoms with Gasteiger partial charge in [-0.1, -0.05) is 72.8 Å². The molecule has 0 N–H and O–H groups in total. The molecule has 1 aromatic heterocycles. The van der Waals surface area contributed by atoms with Crippen LogP contribution in [0.3, 0.4) is 0 Å². The van der Waals surface area contributed by atoms with Crippen LogP contribution in [0.1, 0.15) is 0 Å². The highest BCUT2D eigenvalue weighted by atomic mass is 79.9. The summed E-state index contributed by atoms with van der Waals surface area (Å²) in [7, 11) is 0. The summed E-state index contributed by atoms with van der Waals surface area (Å²) >= 11 is 3.83. The molecule has 6 aromatic rings. The van der Waals surface area contributed by atoms with Gasteiger partial charge >= 0.3 is 0 Å². The van der Waals surface area contributed by atoms with Crippen molar-refractivity contribution in [2.24, 2.45) is 0 Å². The summed E-state index contributed by atoms with van der Waals surface area (Å²) in [6, 6.07) is 31.9. The normalized spacial score (nSPS) is 11.8. The zero-order chi connectivity index (χ0) is 18.7. The molecule has 1 nitrogen and oxygen atoms in total. The average molecular weight is 423 g/mol. The first-order chi connectivity index (χ1) is 13.8. The van der Waals surface area contributed by atoms with Gasteiger partial charge in [0.05, 0.1) is 0 Å². The molecule has 0 atom stereocenters. The minimum atomic E-state index is 0.926. The van der Waals surface area contributed by atoms with E-state index in [0.717, 1.165) is 26.4 Å². The number of benzene rings is 5. The van der Waals surface area contributed by atoms with E-state index in [2.05, 4.69) is 94.8 Å². The molecular formula is C26H15BrO. The number of rotatable bonds is 1. The highest BCUT2D eigenvalue weighted by molar-refractivity contribution is 9.10. The Morgan fingerprint density at radius 1 is 0.500 bits per heavy atom. The van der Waals surface area contributed by atoms with Gasteiger partial charge in [-0.2, -0.15) is 0 Å². The molecule has 0 radical (unpaired) electrons. The Morgan fingerprint density at radius 3 is 1.71 bits per heavy atom. The maximum Gasteiger partial charge on any atom is 0.136 e. The molecule has 0 fully saturated rings. The maximum absolute atomic E-state index is 6.15. The molecule has 5 aromatic carbocycles. The zero-order valence-corrected chi connectivity index (χ0v) is 16.5. The molecular weight excluding hydrogens is 408 g/mol. The lowest BCUT2D eigenvalue weighted by molar-refractivity contribution is 0.669. The topological polar surface area (TPSA) is 13.1 Å². The van der Waals surface area contributed by atoms with Gasteiger partial charge in [0.2, 0.25) is 0 Å². The first kappa shape index (κ1) is 15.9.